The number of imidazole rings is 1. The molecule has 1 fully saturated rings. The molecule has 1 aliphatic heterocycles. The molecule has 0 radical (unpaired) electrons. The number of aromatic nitrogens is 3. The summed E-state index contributed by atoms with van der Waals surface area (Å²) in [5.74, 6) is 1.03. The molecule has 1 aliphatic rings. The van der Waals surface area contributed by atoms with Gasteiger partial charge in [-0.15, -0.1) is 0 Å². The third-order valence-electron chi connectivity index (χ3n) is 5.21. The standard InChI is InChI=1S/C19H22N4S/c1-22-10-7-19(8-11-22,17-5-3-2-4-6-17)15-23-12-9-20-18(23)16-13-21-24-14-16/h2-6,9,12-14H,7-8,10-11,15H2,1H3. The Morgan fingerprint density at radius 2 is 1.96 bits per heavy atom. The van der Waals surface area contributed by atoms with E-state index in [2.05, 4.69) is 67.8 Å². The third-order valence-corrected chi connectivity index (χ3v) is 5.80. The number of nitrogens with zero attached hydrogens (tertiary/aromatic N) is 4. The van der Waals surface area contributed by atoms with Crippen molar-refractivity contribution in [1.82, 2.24) is 18.8 Å². The minimum atomic E-state index is 0.173. The quantitative estimate of drug-likeness (QED) is 0.728. The molecule has 0 bridgehead atoms. The monoisotopic (exact) mass is 338 g/mol. The summed E-state index contributed by atoms with van der Waals surface area (Å²) >= 11 is 1.48. The van der Waals surface area contributed by atoms with Crippen molar-refractivity contribution in [3.8, 4) is 11.4 Å². The Hall–Kier alpha value is -1.98. The molecule has 0 amide bonds. The van der Waals surface area contributed by atoms with Crippen LogP contribution in [0.25, 0.3) is 11.4 Å². The lowest BCUT2D eigenvalue weighted by Gasteiger charge is -2.41. The number of likely N-dealkylation sites (tertiary alicyclic amines) is 1. The Labute approximate surface area is 146 Å². The minimum Gasteiger partial charge on any atom is -0.330 e. The zero-order chi connectivity index (χ0) is 16.4. The summed E-state index contributed by atoms with van der Waals surface area (Å²) in [6.07, 6.45) is 8.27. The van der Waals surface area contributed by atoms with Gasteiger partial charge in [-0.05, 0) is 50.1 Å². The Balaban J connectivity index is 1.70. The summed E-state index contributed by atoms with van der Waals surface area (Å²) in [4.78, 5) is 7.01. The van der Waals surface area contributed by atoms with E-state index in [0.29, 0.717) is 0 Å². The zero-order valence-corrected chi connectivity index (χ0v) is 14.7. The van der Waals surface area contributed by atoms with E-state index in [1.54, 1.807) is 0 Å². The van der Waals surface area contributed by atoms with Crippen molar-refractivity contribution in [2.24, 2.45) is 0 Å². The van der Waals surface area contributed by atoms with Crippen LogP contribution in [0.2, 0.25) is 0 Å². The maximum absolute atomic E-state index is 4.58. The summed E-state index contributed by atoms with van der Waals surface area (Å²) in [5.41, 5.74) is 2.73. The molecule has 1 saturated heterocycles. The highest BCUT2D eigenvalue weighted by molar-refractivity contribution is 7.03. The van der Waals surface area contributed by atoms with Gasteiger partial charge in [0.15, 0.2) is 0 Å². The molecular weight excluding hydrogens is 316 g/mol. The van der Waals surface area contributed by atoms with Crippen LogP contribution in [0.5, 0.6) is 0 Å². The first-order valence-electron chi connectivity index (χ1n) is 8.42. The first-order valence-corrected chi connectivity index (χ1v) is 9.25. The van der Waals surface area contributed by atoms with Crippen LogP contribution >= 0.6 is 11.5 Å². The van der Waals surface area contributed by atoms with E-state index in [1.165, 1.54) is 29.9 Å². The fraction of sp³-hybridized carbons (Fsp3) is 0.368. The molecule has 0 spiro atoms. The Morgan fingerprint density at radius 3 is 2.67 bits per heavy atom. The highest BCUT2D eigenvalue weighted by atomic mass is 32.1. The molecule has 0 N–H and O–H groups in total. The summed E-state index contributed by atoms with van der Waals surface area (Å²) < 4.78 is 6.54. The van der Waals surface area contributed by atoms with E-state index in [4.69, 9.17) is 0 Å². The van der Waals surface area contributed by atoms with Crippen LogP contribution < -0.4 is 0 Å². The Bertz CT molecular complexity index is 771. The van der Waals surface area contributed by atoms with Gasteiger partial charge >= 0.3 is 0 Å². The fourth-order valence-electron chi connectivity index (χ4n) is 3.71. The molecule has 0 saturated carbocycles. The Morgan fingerprint density at radius 1 is 1.17 bits per heavy atom. The van der Waals surface area contributed by atoms with Gasteiger partial charge in [-0.2, -0.15) is 0 Å². The lowest BCUT2D eigenvalue weighted by Crippen LogP contribution is -2.43. The van der Waals surface area contributed by atoms with Crippen molar-refractivity contribution in [2.45, 2.75) is 24.8 Å². The van der Waals surface area contributed by atoms with Crippen molar-refractivity contribution in [2.75, 3.05) is 20.1 Å². The van der Waals surface area contributed by atoms with Crippen LogP contribution in [-0.4, -0.2) is 39.0 Å². The molecule has 4 rings (SSSR count). The zero-order valence-electron chi connectivity index (χ0n) is 13.9. The van der Waals surface area contributed by atoms with Crippen LogP contribution in [0.4, 0.5) is 0 Å². The molecule has 24 heavy (non-hydrogen) atoms. The third kappa shape index (κ3) is 2.89. The number of hydrogen-bond donors (Lipinski definition) is 0. The normalized spacial score (nSPS) is 17.9. The predicted molar refractivity (Wildman–Crippen MR) is 98.2 cm³/mol. The molecule has 4 nitrogen and oxygen atoms in total. The lowest BCUT2D eigenvalue weighted by molar-refractivity contribution is 0.170. The van der Waals surface area contributed by atoms with Crippen LogP contribution in [0, 0.1) is 0 Å². The summed E-state index contributed by atoms with van der Waals surface area (Å²) in [5, 5.41) is 2.07. The van der Waals surface area contributed by atoms with Crippen LogP contribution in [0.1, 0.15) is 18.4 Å². The van der Waals surface area contributed by atoms with E-state index in [0.717, 1.165) is 31.0 Å². The largest absolute Gasteiger partial charge is 0.330 e. The van der Waals surface area contributed by atoms with Gasteiger partial charge in [0.2, 0.25) is 0 Å². The molecule has 2 aromatic heterocycles. The van der Waals surface area contributed by atoms with Crippen molar-refractivity contribution >= 4 is 11.5 Å². The molecular formula is C19H22N4S. The van der Waals surface area contributed by atoms with Crippen molar-refractivity contribution in [3.05, 3.63) is 59.9 Å². The SMILES string of the molecule is CN1CCC(Cn2ccnc2-c2cnsc2)(c2ccccc2)CC1. The topological polar surface area (TPSA) is 34.0 Å². The summed E-state index contributed by atoms with van der Waals surface area (Å²) in [6, 6.07) is 11.0. The van der Waals surface area contributed by atoms with E-state index in [1.807, 2.05) is 12.4 Å². The van der Waals surface area contributed by atoms with E-state index in [9.17, 15) is 0 Å². The van der Waals surface area contributed by atoms with Gasteiger partial charge in [0, 0.05) is 35.3 Å². The van der Waals surface area contributed by atoms with Gasteiger partial charge in [-0.1, -0.05) is 30.3 Å². The summed E-state index contributed by atoms with van der Waals surface area (Å²) in [6.45, 7) is 3.24. The molecule has 5 heteroatoms. The van der Waals surface area contributed by atoms with Crippen LogP contribution in [0.3, 0.4) is 0 Å². The van der Waals surface area contributed by atoms with E-state index >= 15 is 0 Å². The van der Waals surface area contributed by atoms with E-state index in [-0.39, 0.29) is 5.41 Å². The van der Waals surface area contributed by atoms with Crippen LogP contribution in [-0.2, 0) is 12.0 Å². The maximum atomic E-state index is 4.58. The highest BCUT2D eigenvalue weighted by Gasteiger charge is 2.36. The maximum Gasteiger partial charge on any atom is 0.142 e. The molecule has 1 aromatic carbocycles. The average molecular weight is 338 g/mol. The van der Waals surface area contributed by atoms with E-state index < -0.39 is 0 Å². The van der Waals surface area contributed by atoms with Crippen molar-refractivity contribution < 1.29 is 0 Å². The first-order chi connectivity index (χ1) is 11.8. The number of benzene rings is 1. The number of hydrogen-bond acceptors (Lipinski definition) is 4. The lowest BCUT2D eigenvalue weighted by atomic mass is 9.72. The fourth-order valence-corrected chi connectivity index (χ4v) is 4.23. The second-order valence-electron chi connectivity index (χ2n) is 6.74. The smallest absolute Gasteiger partial charge is 0.142 e. The van der Waals surface area contributed by atoms with Crippen molar-refractivity contribution in [3.63, 3.8) is 0 Å². The molecule has 3 aromatic rings. The second kappa shape index (κ2) is 6.49. The van der Waals surface area contributed by atoms with Gasteiger partial charge in [0.05, 0.1) is 6.20 Å². The predicted octanol–water partition coefficient (Wildman–Crippen LogP) is 3.67. The average Bonchev–Trinajstić information content (AvgIpc) is 3.29. The number of piperidine rings is 1. The van der Waals surface area contributed by atoms with Crippen molar-refractivity contribution in [1.29, 1.82) is 0 Å². The van der Waals surface area contributed by atoms with Gasteiger partial charge in [0.25, 0.3) is 0 Å². The minimum absolute atomic E-state index is 0.173. The van der Waals surface area contributed by atoms with Gasteiger partial charge < -0.3 is 9.47 Å². The highest BCUT2D eigenvalue weighted by Crippen LogP contribution is 2.38. The Kier molecular flexibility index (Phi) is 4.21. The second-order valence-corrected chi connectivity index (χ2v) is 7.40. The van der Waals surface area contributed by atoms with Gasteiger partial charge in [0.1, 0.15) is 5.82 Å². The number of rotatable bonds is 4. The molecule has 0 aliphatic carbocycles. The molecule has 3 heterocycles. The van der Waals surface area contributed by atoms with Gasteiger partial charge in [-0.3, -0.25) is 0 Å². The van der Waals surface area contributed by atoms with Crippen LogP contribution in [0.15, 0.2) is 54.3 Å². The molecule has 0 atom stereocenters. The van der Waals surface area contributed by atoms with Gasteiger partial charge in [-0.25, -0.2) is 9.36 Å². The summed E-state index contributed by atoms with van der Waals surface area (Å²) in [7, 11) is 2.22. The molecule has 124 valence electrons. The first kappa shape index (κ1) is 15.5. The molecule has 0 unspecified atom stereocenters.